The highest BCUT2D eigenvalue weighted by Crippen LogP contribution is 2.22. The molecule has 0 fully saturated rings. The Morgan fingerprint density at radius 1 is 1.36 bits per heavy atom. The fourth-order valence-corrected chi connectivity index (χ4v) is 2.88. The SMILES string of the molecule is N#Cc1ccsc1NC(=O)CCn1c(=O)oc2ccccc21. The number of hydrogen-bond donors (Lipinski definition) is 1. The van der Waals surface area contributed by atoms with Crippen molar-refractivity contribution in [3.8, 4) is 6.07 Å². The minimum atomic E-state index is -0.483. The molecule has 1 aromatic carbocycles. The Hall–Kier alpha value is -2.85. The van der Waals surface area contributed by atoms with E-state index in [0.717, 1.165) is 0 Å². The van der Waals surface area contributed by atoms with Gasteiger partial charge in [0.25, 0.3) is 0 Å². The van der Waals surface area contributed by atoms with E-state index in [1.54, 1.807) is 35.7 Å². The molecule has 0 aliphatic carbocycles. The zero-order valence-corrected chi connectivity index (χ0v) is 12.2. The molecule has 0 aliphatic heterocycles. The number of carbonyl (C=O) groups excluding carboxylic acids is 1. The number of carbonyl (C=O) groups is 1. The highest BCUT2D eigenvalue weighted by Gasteiger charge is 2.12. The van der Waals surface area contributed by atoms with E-state index in [9.17, 15) is 9.59 Å². The number of para-hydroxylation sites is 2. The predicted molar refractivity (Wildman–Crippen MR) is 82.8 cm³/mol. The number of benzene rings is 1. The van der Waals surface area contributed by atoms with E-state index in [1.807, 2.05) is 6.07 Å². The van der Waals surface area contributed by atoms with Crippen LogP contribution in [-0.2, 0) is 11.3 Å². The van der Waals surface area contributed by atoms with Crippen LogP contribution in [0.1, 0.15) is 12.0 Å². The Labute approximate surface area is 129 Å². The van der Waals surface area contributed by atoms with Crippen LogP contribution in [-0.4, -0.2) is 10.5 Å². The molecule has 2 aromatic heterocycles. The van der Waals surface area contributed by atoms with Gasteiger partial charge in [0.2, 0.25) is 5.91 Å². The molecule has 0 unspecified atom stereocenters. The lowest BCUT2D eigenvalue weighted by Gasteiger charge is -2.04. The molecule has 110 valence electrons. The summed E-state index contributed by atoms with van der Waals surface area (Å²) in [5, 5.41) is 13.8. The van der Waals surface area contributed by atoms with Crippen LogP contribution in [0.2, 0.25) is 0 Å². The molecule has 0 atom stereocenters. The topological polar surface area (TPSA) is 88.0 Å². The summed E-state index contributed by atoms with van der Waals surface area (Å²) in [5.74, 6) is -0.737. The summed E-state index contributed by atoms with van der Waals surface area (Å²) in [4.78, 5) is 23.8. The monoisotopic (exact) mass is 313 g/mol. The van der Waals surface area contributed by atoms with E-state index in [2.05, 4.69) is 5.32 Å². The van der Waals surface area contributed by atoms with Crippen molar-refractivity contribution in [3.63, 3.8) is 0 Å². The molecular weight excluding hydrogens is 302 g/mol. The molecule has 6 nitrogen and oxygen atoms in total. The number of oxazole rings is 1. The summed E-state index contributed by atoms with van der Waals surface area (Å²) >= 11 is 1.29. The largest absolute Gasteiger partial charge is 0.419 e. The molecule has 0 saturated heterocycles. The molecular formula is C15H11N3O3S. The first kappa shape index (κ1) is 14.1. The van der Waals surface area contributed by atoms with Crippen molar-refractivity contribution in [2.24, 2.45) is 0 Å². The zero-order valence-electron chi connectivity index (χ0n) is 11.4. The maximum absolute atomic E-state index is 12.0. The van der Waals surface area contributed by atoms with Gasteiger partial charge in [-0.3, -0.25) is 9.36 Å². The van der Waals surface area contributed by atoms with Crippen molar-refractivity contribution >= 4 is 33.3 Å². The number of nitrogens with zero attached hydrogens (tertiary/aromatic N) is 2. The van der Waals surface area contributed by atoms with Gasteiger partial charge in [-0.2, -0.15) is 5.26 Å². The maximum atomic E-state index is 12.0. The standard InChI is InChI=1S/C15H11N3O3S/c16-9-10-6-8-22-14(10)17-13(19)5-7-18-11-3-1-2-4-12(11)21-15(18)20/h1-4,6,8H,5,7H2,(H,17,19). The van der Waals surface area contributed by atoms with Gasteiger partial charge in [0.15, 0.2) is 5.58 Å². The van der Waals surface area contributed by atoms with Gasteiger partial charge in [-0.15, -0.1) is 11.3 Å². The van der Waals surface area contributed by atoms with Crippen molar-refractivity contribution < 1.29 is 9.21 Å². The second-order valence-corrected chi connectivity index (χ2v) is 5.48. The minimum absolute atomic E-state index is 0.117. The summed E-state index contributed by atoms with van der Waals surface area (Å²) in [6.07, 6.45) is 0.117. The highest BCUT2D eigenvalue weighted by molar-refractivity contribution is 7.14. The average Bonchev–Trinajstić information content (AvgIpc) is 3.08. The number of nitriles is 1. The summed E-state index contributed by atoms with van der Waals surface area (Å²) in [7, 11) is 0. The number of thiophene rings is 1. The molecule has 0 spiro atoms. The number of anilines is 1. The lowest BCUT2D eigenvalue weighted by atomic mass is 10.3. The van der Waals surface area contributed by atoms with Crippen molar-refractivity contribution in [2.75, 3.05) is 5.32 Å². The zero-order chi connectivity index (χ0) is 15.5. The Morgan fingerprint density at radius 3 is 3.00 bits per heavy atom. The molecule has 0 aliphatic rings. The summed E-state index contributed by atoms with van der Waals surface area (Å²) in [5.41, 5.74) is 1.59. The molecule has 0 bridgehead atoms. The van der Waals surface area contributed by atoms with E-state index in [-0.39, 0.29) is 18.9 Å². The van der Waals surface area contributed by atoms with Crippen LogP contribution >= 0.6 is 11.3 Å². The molecule has 3 aromatic rings. The Balaban J connectivity index is 1.72. The molecule has 0 saturated carbocycles. The molecule has 22 heavy (non-hydrogen) atoms. The Bertz CT molecular complexity index is 929. The van der Waals surface area contributed by atoms with Crippen LogP contribution in [0.4, 0.5) is 5.00 Å². The lowest BCUT2D eigenvalue weighted by molar-refractivity contribution is -0.116. The molecule has 1 N–H and O–H groups in total. The summed E-state index contributed by atoms with van der Waals surface area (Å²) in [6, 6.07) is 10.7. The molecule has 3 rings (SSSR count). The average molecular weight is 313 g/mol. The Morgan fingerprint density at radius 2 is 2.18 bits per heavy atom. The third-order valence-corrected chi connectivity index (χ3v) is 4.00. The maximum Gasteiger partial charge on any atom is 0.419 e. The van der Waals surface area contributed by atoms with E-state index >= 15 is 0 Å². The van der Waals surface area contributed by atoms with Gasteiger partial charge in [0.05, 0.1) is 11.1 Å². The molecule has 7 heteroatoms. The number of nitrogens with one attached hydrogen (secondary N) is 1. The van der Waals surface area contributed by atoms with Gasteiger partial charge in [0, 0.05) is 13.0 Å². The Kier molecular flexibility index (Phi) is 3.76. The second kappa shape index (κ2) is 5.87. The summed E-state index contributed by atoms with van der Waals surface area (Å²) < 4.78 is 6.53. The number of aromatic nitrogens is 1. The van der Waals surface area contributed by atoms with E-state index < -0.39 is 5.76 Å². The highest BCUT2D eigenvalue weighted by atomic mass is 32.1. The summed E-state index contributed by atoms with van der Waals surface area (Å²) in [6.45, 7) is 0.217. The van der Waals surface area contributed by atoms with E-state index in [1.165, 1.54) is 15.9 Å². The predicted octanol–water partition coefficient (Wildman–Crippen LogP) is 2.56. The van der Waals surface area contributed by atoms with E-state index in [4.69, 9.17) is 9.68 Å². The first-order valence-electron chi connectivity index (χ1n) is 6.55. The minimum Gasteiger partial charge on any atom is -0.408 e. The van der Waals surface area contributed by atoms with Gasteiger partial charge in [-0.1, -0.05) is 12.1 Å². The quantitative estimate of drug-likeness (QED) is 0.801. The fourth-order valence-electron chi connectivity index (χ4n) is 2.12. The van der Waals surface area contributed by atoms with E-state index in [0.29, 0.717) is 21.7 Å². The number of aryl methyl sites for hydroxylation is 1. The van der Waals surface area contributed by atoms with Crippen LogP contribution < -0.4 is 11.1 Å². The van der Waals surface area contributed by atoms with Crippen molar-refractivity contribution in [1.29, 1.82) is 5.26 Å². The van der Waals surface area contributed by atoms with Crippen LogP contribution in [0, 0.1) is 11.3 Å². The number of amides is 1. The lowest BCUT2D eigenvalue weighted by Crippen LogP contribution is -2.19. The fraction of sp³-hybridized carbons (Fsp3) is 0.133. The normalized spacial score (nSPS) is 10.5. The van der Waals surface area contributed by atoms with Crippen LogP contribution in [0.5, 0.6) is 0 Å². The molecule has 0 radical (unpaired) electrons. The third kappa shape index (κ3) is 2.64. The first-order chi connectivity index (χ1) is 10.7. The third-order valence-electron chi connectivity index (χ3n) is 3.17. The van der Waals surface area contributed by atoms with Gasteiger partial charge in [0.1, 0.15) is 11.1 Å². The second-order valence-electron chi connectivity index (χ2n) is 4.56. The number of fused-ring (bicyclic) bond motifs is 1. The van der Waals surface area contributed by atoms with Gasteiger partial charge in [-0.25, -0.2) is 4.79 Å². The van der Waals surface area contributed by atoms with Crippen LogP contribution in [0.25, 0.3) is 11.1 Å². The molecule has 2 heterocycles. The number of hydrogen-bond acceptors (Lipinski definition) is 5. The van der Waals surface area contributed by atoms with Crippen molar-refractivity contribution in [3.05, 3.63) is 51.8 Å². The first-order valence-corrected chi connectivity index (χ1v) is 7.43. The van der Waals surface area contributed by atoms with Crippen molar-refractivity contribution in [1.82, 2.24) is 4.57 Å². The van der Waals surface area contributed by atoms with Gasteiger partial charge >= 0.3 is 5.76 Å². The number of rotatable bonds is 4. The van der Waals surface area contributed by atoms with Gasteiger partial charge < -0.3 is 9.73 Å². The molecule has 1 amide bonds. The van der Waals surface area contributed by atoms with Crippen LogP contribution in [0.3, 0.4) is 0 Å². The van der Waals surface area contributed by atoms with Crippen LogP contribution in [0.15, 0.2) is 44.9 Å². The smallest absolute Gasteiger partial charge is 0.408 e. The van der Waals surface area contributed by atoms with Crippen molar-refractivity contribution in [2.45, 2.75) is 13.0 Å². The van der Waals surface area contributed by atoms with Gasteiger partial charge in [-0.05, 0) is 23.6 Å².